The lowest BCUT2D eigenvalue weighted by atomic mass is 9.91. The molecule has 0 bridgehead atoms. The second-order valence-corrected chi connectivity index (χ2v) is 14.5. The largest absolute Gasteiger partial charge is 0.326 e. The molecule has 280 valence electrons. The van der Waals surface area contributed by atoms with Crippen molar-refractivity contribution in [3.63, 3.8) is 0 Å². The SMILES string of the molecule is C#CCN1CCN(C)CC1.CN1CCN(Cc2cn(-c3ccc(CN)cc3)nn2)CC1.CN[C@H]1CCCC[C@@H]1NC.NCc1ccc(I)cc1.[HH].[HH]. The zero-order valence-electron chi connectivity index (χ0n) is 30.9. The summed E-state index contributed by atoms with van der Waals surface area (Å²) < 4.78 is 3.08. The second-order valence-electron chi connectivity index (χ2n) is 13.3. The van der Waals surface area contributed by atoms with E-state index in [0.29, 0.717) is 25.2 Å². The van der Waals surface area contributed by atoms with E-state index >= 15 is 0 Å². The van der Waals surface area contributed by atoms with Crippen LogP contribution in [-0.2, 0) is 19.6 Å². The van der Waals surface area contributed by atoms with Gasteiger partial charge in [0, 0.05) is 90.5 Å². The first-order chi connectivity index (χ1) is 24.3. The Hall–Kier alpha value is -2.45. The van der Waals surface area contributed by atoms with Gasteiger partial charge >= 0.3 is 0 Å². The molecule has 2 aromatic carbocycles. The smallest absolute Gasteiger partial charge is 0.0971 e. The lowest BCUT2D eigenvalue weighted by Crippen LogP contribution is -2.47. The third-order valence-electron chi connectivity index (χ3n) is 9.53. The van der Waals surface area contributed by atoms with Crippen LogP contribution in [0.15, 0.2) is 54.7 Å². The first-order valence-electron chi connectivity index (χ1n) is 18.0. The molecule has 1 aliphatic carbocycles. The number of hydrogen-bond acceptors (Lipinski definition) is 10. The molecule has 12 heteroatoms. The molecule has 3 aromatic rings. The molecule has 2 atom stereocenters. The second kappa shape index (κ2) is 23.9. The van der Waals surface area contributed by atoms with Crippen LogP contribution in [0.3, 0.4) is 0 Å². The highest BCUT2D eigenvalue weighted by Crippen LogP contribution is 2.17. The molecular formula is C38H66IN11. The normalized spacial score (nSPS) is 20.3. The minimum absolute atomic E-state index is 0. The van der Waals surface area contributed by atoms with Gasteiger partial charge in [0.05, 0.1) is 24.1 Å². The molecule has 3 heterocycles. The van der Waals surface area contributed by atoms with Crippen LogP contribution in [0.4, 0.5) is 0 Å². The highest BCUT2D eigenvalue weighted by atomic mass is 127. The van der Waals surface area contributed by atoms with Gasteiger partial charge in [-0.15, -0.1) is 11.5 Å². The Kier molecular flexibility index (Phi) is 20.1. The Labute approximate surface area is 318 Å². The Bertz CT molecular complexity index is 1340. The van der Waals surface area contributed by atoms with E-state index in [1.165, 1.54) is 34.8 Å². The Morgan fingerprint density at radius 2 is 1.26 bits per heavy atom. The van der Waals surface area contributed by atoms with Gasteiger partial charge in [0.1, 0.15) is 0 Å². The van der Waals surface area contributed by atoms with Crippen molar-refractivity contribution in [2.45, 2.75) is 57.4 Å². The maximum absolute atomic E-state index is 5.61. The highest BCUT2D eigenvalue weighted by molar-refractivity contribution is 14.1. The molecule has 3 fully saturated rings. The minimum Gasteiger partial charge on any atom is -0.326 e. The van der Waals surface area contributed by atoms with Crippen molar-refractivity contribution in [3.05, 3.63) is 75.1 Å². The van der Waals surface area contributed by atoms with Gasteiger partial charge in [-0.25, -0.2) is 4.68 Å². The predicted octanol–water partition coefficient (Wildman–Crippen LogP) is 3.32. The molecule has 2 saturated heterocycles. The minimum atomic E-state index is 0. The fraction of sp³-hybridized carbons (Fsp3) is 0.579. The molecule has 6 rings (SSSR count). The van der Waals surface area contributed by atoms with Crippen LogP contribution in [0, 0.1) is 15.9 Å². The summed E-state index contributed by atoms with van der Waals surface area (Å²) in [6.45, 7) is 11.9. The summed E-state index contributed by atoms with van der Waals surface area (Å²) in [4.78, 5) is 9.41. The van der Waals surface area contributed by atoms with E-state index in [9.17, 15) is 0 Å². The Morgan fingerprint density at radius 3 is 1.72 bits per heavy atom. The van der Waals surface area contributed by atoms with E-state index in [1.54, 1.807) is 0 Å². The fourth-order valence-corrected chi connectivity index (χ4v) is 6.45. The molecule has 0 spiro atoms. The molecule has 6 N–H and O–H groups in total. The number of rotatable bonds is 8. The number of likely N-dealkylation sites (N-methyl/N-ethyl adjacent to an activating group) is 4. The van der Waals surface area contributed by atoms with Crippen LogP contribution in [0.25, 0.3) is 5.69 Å². The number of nitrogens with one attached hydrogen (secondary N) is 2. The fourth-order valence-electron chi connectivity index (χ4n) is 6.09. The highest BCUT2D eigenvalue weighted by Gasteiger charge is 2.21. The molecule has 3 aliphatic rings. The first-order valence-corrected chi connectivity index (χ1v) is 19.1. The molecule has 2 aliphatic heterocycles. The standard InChI is InChI=1S/C15H22N6.C8H18N2.C8H14N2.C7H8IN.2H2/c1-19-6-8-20(9-7-19)11-14-12-21(18-17-14)15-4-2-13(10-16)3-5-15;1-9-7-5-3-4-6-8(7)10-2;1-3-4-10-7-5-9(2)6-8-10;8-7-3-1-6(5-9)2-4-7;;/h2-5,12H,6-11,16H2,1H3;7-10H,3-6H2,1-2H3;1H,4-8H2,2H3;1-4H,5,9H2;2*1H/t;7-,8-;;;;/m.0..../s1. The average Bonchev–Trinajstić information content (AvgIpc) is 3.63. The van der Waals surface area contributed by atoms with Crippen molar-refractivity contribution < 1.29 is 2.85 Å². The summed E-state index contributed by atoms with van der Waals surface area (Å²) in [5, 5.41) is 15.2. The molecular weight excluding hydrogens is 737 g/mol. The summed E-state index contributed by atoms with van der Waals surface area (Å²) in [5.41, 5.74) is 15.4. The van der Waals surface area contributed by atoms with E-state index in [4.69, 9.17) is 17.9 Å². The van der Waals surface area contributed by atoms with Crippen LogP contribution in [0.1, 0.15) is 45.4 Å². The zero-order chi connectivity index (χ0) is 36.1. The third kappa shape index (κ3) is 15.4. The molecule has 11 nitrogen and oxygen atoms in total. The monoisotopic (exact) mass is 803 g/mol. The summed E-state index contributed by atoms with van der Waals surface area (Å²) >= 11 is 2.27. The van der Waals surface area contributed by atoms with Gasteiger partial charge in [-0.2, -0.15) is 0 Å². The summed E-state index contributed by atoms with van der Waals surface area (Å²) in [6.07, 6.45) is 12.7. The molecule has 50 heavy (non-hydrogen) atoms. The molecule has 0 radical (unpaired) electrons. The van der Waals surface area contributed by atoms with Crippen LogP contribution in [-0.4, -0.2) is 134 Å². The van der Waals surface area contributed by atoms with Crippen molar-refractivity contribution in [2.24, 2.45) is 11.5 Å². The molecule has 1 aromatic heterocycles. The number of nitrogens with zero attached hydrogens (tertiary/aromatic N) is 7. The van der Waals surface area contributed by atoms with Gasteiger partial charge in [-0.3, -0.25) is 9.80 Å². The van der Waals surface area contributed by atoms with Gasteiger partial charge in [0.25, 0.3) is 0 Å². The maximum Gasteiger partial charge on any atom is 0.0971 e. The quantitative estimate of drug-likeness (QED) is 0.200. The van der Waals surface area contributed by atoms with Gasteiger partial charge in [-0.1, -0.05) is 48.2 Å². The number of benzene rings is 2. The van der Waals surface area contributed by atoms with E-state index in [1.807, 2.05) is 47.3 Å². The van der Waals surface area contributed by atoms with Crippen LogP contribution >= 0.6 is 22.6 Å². The van der Waals surface area contributed by atoms with E-state index < -0.39 is 0 Å². The molecule has 0 unspecified atom stereocenters. The van der Waals surface area contributed by atoms with Gasteiger partial charge in [-0.05, 0) is 99.0 Å². The van der Waals surface area contributed by atoms with E-state index in [0.717, 1.165) is 82.4 Å². The number of hydrogen-bond donors (Lipinski definition) is 4. The predicted molar refractivity (Wildman–Crippen MR) is 220 cm³/mol. The lowest BCUT2D eigenvalue weighted by Gasteiger charge is -2.31. The van der Waals surface area contributed by atoms with Crippen molar-refractivity contribution in [2.75, 3.05) is 87.1 Å². The Morgan fingerprint density at radius 1 is 0.780 bits per heavy atom. The summed E-state index contributed by atoms with van der Waals surface area (Å²) in [7, 11) is 8.42. The van der Waals surface area contributed by atoms with Crippen molar-refractivity contribution in [3.8, 4) is 18.0 Å². The van der Waals surface area contributed by atoms with Crippen molar-refractivity contribution in [1.82, 2.24) is 45.2 Å². The van der Waals surface area contributed by atoms with E-state index in [2.05, 4.69) is 109 Å². The van der Waals surface area contributed by atoms with Gasteiger partial charge in [0.15, 0.2) is 0 Å². The lowest BCUT2D eigenvalue weighted by molar-refractivity contribution is 0.147. The van der Waals surface area contributed by atoms with Crippen LogP contribution < -0.4 is 22.1 Å². The molecule has 0 amide bonds. The topological polar surface area (TPSA) is 120 Å². The number of terminal acetylenes is 1. The number of piperazine rings is 2. The number of nitrogens with two attached hydrogens (primary N) is 2. The number of halogens is 1. The van der Waals surface area contributed by atoms with Gasteiger partial charge < -0.3 is 31.9 Å². The third-order valence-corrected chi connectivity index (χ3v) is 10.2. The van der Waals surface area contributed by atoms with Crippen LogP contribution in [0.2, 0.25) is 0 Å². The zero-order valence-corrected chi connectivity index (χ0v) is 33.1. The van der Waals surface area contributed by atoms with Crippen molar-refractivity contribution >= 4 is 22.6 Å². The maximum atomic E-state index is 5.61. The summed E-state index contributed by atoms with van der Waals surface area (Å²) in [6, 6.07) is 17.7. The summed E-state index contributed by atoms with van der Waals surface area (Å²) in [5.74, 6) is 2.66. The average molecular weight is 804 g/mol. The number of aromatic nitrogens is 3. The first kappa shape index (κ1) is 42.0. The Balaban J connectivity index is 0.000000371. The van der Waals surface area contributed by atoms with Crippen molar-refractivity contribution in [1.29, 1.82) is 0 Å². The molecule has 1 saturated carbocycles. The van der Waals surface area contributed by atoms with Gasteiger partial charge in [0.2, 0.25) is 0 Å². The van der Waals surface area contributed by atoms with E-state index in [-0.39, 0.29) is 2.85 Å². The van der Waals surface area contributed by atoms with Crippen LogP contribution in [0.5, 0.6) is 0 Å².